The Morgan fingerprint density at radius 1 is 0.800 bits per heavy atom. The van der Waals surface area contributed by atoms with E-state index in [1.54, 1.807) is 49.8 Å². The first kappa shape index (κ1) is 83.9. The zero-order valence-electron chi connectivity index (χ0n) is 62.8. The van der Waals surface area contributed by atoms with E-state index in [0.29, 0.717) is 95.4 Å². The highest BCUT2D eigenvalue weighted by atomic mass is 35.5. The predicted molar refractivity (Wildman–Crippen MR) is 424 cm³/mol. The minimum atomic E-state index is -6.13. The molecule has 110 heavy (non-hydrogen) atoms. The van der Waals surface area contributed by atoms with Gasteiger partial charge in [-0.1, -0.05) is 99.5 Å². The van der Waals surface area contributed by atoms with Crippen LogP contribution < -0.4 is 25.6 Å². The summed E-state index contributed by atoms with van der Waals surface area (Å²) in [6.45, 7) is 19.8. The van der Waals surface area contributed by atoms with E-state index < -0.39 is 122 Å². The molecule has 5 aromatic carbocycles. The van der Waals surface area contributed by atoms with Crippen molar-refractivity contribution in [1.82, 2.24) is 44.2 Å². The highest BCUT2D eigenvalue weighted by Crippen LogP contribution is 2.45. The summed E-state index contributed by atoms with van der Waals surface area (Å²) >= 11 is 9.37. The minimum absolute atomic E-state index is 0.00854. The van der Waals surface area contributed by atoms with Crippen molar-refractivity contribution < 1.29 is 67.4 Å². The number of β-amino-alcohol motifs (C(OH)–C–C–N with tert-alkyl or cyclic N) is 1. The third-order valence-corrected chi connectivity index (χ3v) is 28.4. The summed E-state index contributed by atoms with van der Waals surface area (Å²) < 4.78 is 135. The van der Waals surface area contributed by atoms with Gasteiger partial charge in [-0.3, -0.25) is 24.1 Å². The number of nitrogens with one attached hydrogen (secondary N) is 4. The molecular weight excluding hydrogens is 1540 g/mol. The van der Waals surface area contributed by atoms with Crippen LogP contribution in [0, 0.1) is 17.8 Å². The van der Waals surface area contributed by atoms with Crippen LogP contribution in [0.25, 0.3) is 16.0 Å². The van der Waals surface area contributed by atoms with Crippen molar-refractivity contribution >= 4 is 105 Å². The highest BCUT2D eigenvalue weighted by Gasteiger charge is 2.49. The molecule has 1 aliphatic carbocycles. The molecule has 11 rings (SSSR count). The number of carbonyl (C=O) groups is 4. The largest absolute Gasteiger partial charge is 0.501 e. The molecule has 6 aromatic rings. The first-order valence-corrected chi connectivity index (χ1v) is 44.0. The van der Waals surface area contributed by atoms with Crippen LogP contribution in [0.4, 0.5) is 24.5 Å². The monoisotopic (exact) mass is 1630 g/mol. The zero-order valence-corrected chi connectivity index (χ0v) is 67.6. The standard InChI is InChI=1S/C78H99ClF3N11O12S5/c1-53(55-13-15-57(16-14-55)71-54(2)83-52-107-71)84-74(97)68-45-63(94)49-93(68)75(98)72(76(3,4)5)86-70(95)29-44-108(99,100)92-39-35-90(36-40-92)51-77(6)30-27-66(56-17-21-60(79)22-18-56)59(47-77)48-89-33-37-91(38-34-89)62-23-19-58(20-24-62)73(96)87-110(103,104)65-25-26-67(69(46-65)109(101,102)78(80,81)82)85-61(50-106-64-11-8-7-9-12-64)28-32-88-31-10-42-105-43-41-88/h7-9,11-26,46,52-53,61,63,68,72,85,94H,10,27-45,47-51H2,1-6H3,(H,84,97)(H,86,95)(H,87,96)/t53-,61+,63+,68-,72+,77+/m0/s1. The van der Waals surface area contributed by atoms with Gasteiger partial charge in [0.15, 0.2) is 0 Å². The zero-order chi connectivity index (χ0) is 78.9. The van der Waals surface area contributed by atoms with E-state index in [9.17, 15) is 62.7 Å². The molecule has 23 nitrogen and oxygen atoms in total. The van der Waals surface area contributed by atoms with Gasteiger partial charge in [-0.15, -0.1) is 23.1 Å². The second-order valence-electron chi connectivity index (χ2n) is 30.6. The van der Waals surface area contributed by atoms with Crippen LogP contribution in [0.3, 0.4) is 0 Å². The average molecular weight is 1640 g/mol. The Morgan fingerprint density at radius 3 is 2.15 bits per heavy atom. The molecule has 0 bridgehead atoms. The molecule has 4 amide bonds. The van der Waals surface area contributed by atoms with Crippen LogP contribution in [0.15, 0.2) is 147 Å². The molecule has 596 valence electrons. The van der Waals surface area contributed by atoms with Crippen LogP contribution in [-0.2, 0) is 49.0 Å². The summed E-state index contributed by atoms with van der Waals surface area (Å²) in [4.78, 5) is 70.2. The number of allylic oxidation sites excluding steroid dienone is 1. The van der Waals surface area contributed by atoms with Crippen molar-refractivity contribution in [2.24, 2.45) is 10.8 Å². The number of sulfone groups is 1. The fraction of sp³-hybridized carbons (Fsp3) is 0.500. The van der Waals surface area contributed by atoms with E-state index in [1.165, 1.54) is 44.2 Å². The van der Waals surface area contributed by atoms with Crippen molar-refractivity contribution in [1.29, 1.82) is 0 Å². The molecule has 6 atom stereocenters. The molecule has 4 saturated heterocycles. The molecule has 5 aliphatic rings. The fourth-order valence-electron chi connectivity index (χ4n) is 15.0. The molecule has 0 saturated carbocycles. The van der Waals surface area contributed by atoms with Gasteiger partial charge in [-0.05, 0) is 146 Å². The van der Waals surface area contributed by atoms with Crippen LogP contribution in [0.2, 0.25) is 5.02 Å². The van der Waals surface area contributed by atoms with Gasteiger partial charge in [-0.25, -0.2) is 35.0 Å². The second-order valence-corrected chi connectivity index (χ2v) is 38.7. The number of piperazine rings is 2. The van der Waals surface area contributed by atoms with E-state index in [-0.39, 0.29) is 37.0 Å². The predicted octanol–water partition coefficient (Wildman–Crippen LogP) is 10.3. The number of sulfonamides is 2. The number of anilines is 2. The molecule has 0 unspecified atom stereocenters. The van der Waals surface area contributed by atoms with Gasteiger partial charge in [0.25, 0.3) is 25.8 Å². The van der Waals surface area contributed by atoms with Gasteiger partial charge in [0.2, 0.25) is 27.7 Å². The normalized spacial score (nSPS) is 20.7. The number of thiazole rings is 1. The quantitative estimate of drug-likeness (QED) is 0.0286. The Kier molecular flexibility index (Phi) is 27.5. The Hall–Kier alpha value is -7.01. The number of ether oxygens (including phenoxy) is 1. The van der Waals surface area contributed by atoms with E-state index in [0.717, 1.165) is 88.7 Å². The number of halogens is 4. The van der Waals surface area contributed by atoms with Gasteiger partial charge in [-0.2, -0.15) is 17.5 Å². The van der Waals surface area contributed by atoms with Crippen molar-refractivity contribution in [3.05, 3.63) is 160 Å². The molecule has 32 heteroatoms. The number of nitrogens with zero attached hydrogens (tertiary/aromatic N) is 7. The van der Waals surface area contributed by atoms with Crippen molar-refractivity contribution in [2.75, 3.05) is 127 Å². The summed E-state index contributed by atoms with van der Waals surface area (Å²) in [7, 11) is -15.0. The molecule has 4 fully saturated rings. The van der Waals surface area contributed by atoms with Gasteiger partial charge in [0.1, 0.15) is 17.0 Å². The summed E-state index contributed by atoms with van der Waals surface area (Å²) in [5, 5.41) is 20.3. The summed E-state index contributed by atoms with van der Waals surface area (Å²) in [6.07, 6.45) is 2.32. The maximum Gasteiger partial charge on any atom is 0.501 e. The number of rotatable bonds is 28. The third kappa shape index (κ3) is 21.4. The molecule has 0 radical (unpaired) electrons. The number of aliphatic hydroxyl groups excluding tert-OH is 1. The number of hydrogen-bond donors (Lipinski definition) is 5. The summed E-state index contributed by atoms with van der Waals surface area (Å²) in [5.41, 5.74) is 1.67. The summed E-state index contributed by atoms with van der Waals surface area (Å²) in [6, 6.07) is 30.5. The smallest absolute Gasteiger partial charge is 0.391 e. The number of likely N-dealkylation sites (tertiary alicyclic amines) is 1. The number of aliphatic hydroxyl groups is 1. The van der Waals surface area contributed by atoms with Crippen LogP contribution in [0.5, 0.6) is 0 Å². The number of alkyl halides is 3. The molecule has 5 N–H and O–H groups in total. The number of aryl methyl sites for hydroxylation is 1. The van der Waals surface area contributed by atoms with Gasteiger partial charge < -0.3 is 45.4 Å². The number of benzene rings is 5. The van der Waals surface area contributed by atoms with E-state index >= 15 is 0 Å². The van der Waals surface area contributed by atoms with Gasteiger partial charge >= 0.3 is 5.51 Å². The van der Waals surface area contributed by atoms with Crippen molar-refractivity contribution in [3.8, 4) is 10.4 Å². The van der Waals surface area contributed by atoms with Crippen LogP contribution >= 0.6 is 34.7 Å². The Balaban J connectivity index is 0.664. The lowest BCUT2D eigenvalue weighted by Gasteiger charge is -2.44. The Bertz CT molecular complexity index is 4590. The lowest BCUT2D eigenvalue weighted by molar-refractivity contribution is -0.144. The maximum atomic E-state index is 14.4. The topological polar surface area (TPSA) is 281 Å². The van der Waals surface area contributed by atoms with Gasteiger partial charge in [0.05, 0.1) is 51.2 Å². The molecular formula is C78H99ClF3N11O12S5. The number of carbonyl (C=O) groups excluding carboxylic acids is 4. The average Bonchev–Trinajstić information content (AvgIpc) is 0.956. The lowest BCUT2D eigenvalue weighted by atomic mass is 9.71. The molecule has 5 heterocycles. The summed E-state index contributed by atoms with van der Waals surface area (Å²) in [5.74, 6) is -2.84. The van der Waals surface area contributed by atoms with Gasteiger partial charge in [0, 0.05) is 144 Å². The second kappa shape index (κ2) is 36.0. The Morgan fingerprint density at radius 2 is 1.48 bits per heavy atom. The molecule has 0 spiro atoms. The lowest BCUT2D eigenvalue weighted by Crippen LogP contribution is -2.58. The number of hydrogen-bond acceptors (Lipinski definition) is 20. The SMILES string of the molecule is Cc1ncsc1-c1ccc([C@H](C)NC(=O)[C@@H]2C[C@@H](O)CN2C(=O)[C@@H](NC(=O)CCS(=O)(=O)N2CCN(C[C@]3(C)CCC(c4ccc(Cl)cc4)=C(CN4CCN(c5ccc(C(=O)NS(=O)(=O)c6ccc(N[C@H](CCN7CCCOCC7)CSc7ccccc7)c(S(=O)(=O)C(F)(F)F)c6)cc5)CC4)C3)CC2)C(C)(C)C)cc1. The number of amides is 4. The third-order valence-electron chi connectivity index (χ3n) is 21.2. The van der Waals surface area contributed by atoms with E-state index in [1.807, 2.05) is 97.4 Å². The number of thioether (sulfide) groups is 1. The van der Waals surface area contributed by atoms with Crippen LogP contribution in [-0.4, -0.2) is 229 Å². The highest BCUT2D eigenvalue weighted by molar-refractivity contribution is 7.99. The van der Waals surface area contributed by atoms with E-state index in [4.69, 9.17) is 16.3 Å². The minimum Gasteiger partial charge on any atom is -0.391 e. The van der Waals surface area contributed by atoms with Crippen LogP contribution in [0.1, 0.15) is 113 Å². The maximum absolute atomic E-state index is 14.4. The van der Waals surface area contributed by atoms with Crippen molar-refractivity contribution in [2.45, 2.75) is 137 Å². The van der Waals surface area contributed by atoms with E-state index in [2.05, 4.69) is 47.5 Å². The Labute approximate surface area is 657 Å². The first-order chi connectivity index (χ1) is 52.1. The van der Waals surface area contributed by atoms with Crippen molar-refractivity contribution in [3.63, 3.8) is 0 Å². The number of aromatic nitrogens is 1. The fourth-order valence-corrected chi connectivity index (χ4v) is 20.4. The molecule has 4 aliphatic heterocycles. The molecule has 1 aromatic heterocycles. The first-order valence-electron chi connectivity index (χ1n) is 37.2.